The van der Waals surface area contributed by atoms with E-state index in [0.29, 0.717) is 0 Å². The Bertz CT molecular complexity index is 1010. The molecule has 4 heteroatoms. The molecule has 0 aromatic heterocycles. The smallest absolute Gasteiger partial charge is 0.0881 e. The molecule has 1 saturated heterocycles. The highest BCUT2D eigenvalue weighted by atomic mass is 35.5. The molecule has 0 N–H and O–H groups in total. The third-order valence-corrected chi connectivity index (χ3v) is 6.38. The Labute approximate surface area is 183 Å². The van der Waals surface area contributed by atoms with Crippen molar-refractivity contribution in [2.45, 2.75) is 25.5 Å². The molecule has 0 spiro atoms. The fourth-order valence-corrected chi connectivity index (χ4v) is 4.83. The van der Waals surface area contributed by atoms with Crippen LogP contribution in [0.15, 0.2) is 72.8 Å². The van der Waals surface area contributed by atoms with Crippen LogP contribution >= 0.6 is 11.6 Å². The van der Waals surface area contributed by atoms with Crippen LogP contribution in [0.4, 0.5) is 11.4 Å². The van der Waals surface area contributed by atoms with Crippen molar-refractivity contribution in [2.75, 3.05) is 31.1 Å². The molecule has 0 saturated carbocycles. The minimum Gasteiger partial charge on any atom is -0.374 e. The predicted molar refractivity (Wildman–Crippen MR) is 124 cm³/mol. The van der Waals surface area contributed by atoms with Crippen molar-refractivity contribution in [1.82, 2.24) is 4.90 Å². The molecule has 1 fully saturated rings. The molecule has 2 aliphatic rings. The Morgan fingerprint density at radius 1 is 0.867 bits per heavy atom. The van der Waals surface area contributed by atoms with Gasteiger partial charge < -0.3 is 9.64 Å². The molecule has 0 radical (unpaired) electrons. The molecular weight excluding hydrogens is 392 g/mol. The minimum atomic E-state index is 0.153. The lowest BCUT2D eigenvalue weighted by Gasteiger charge is -2.37. The molecule has 0 aliphatic carbocycles. The second kappa shape index (κ2) is 8.81. The van der Waals surface area contributed by atoms with Crippen LogP contribution in [0, 0.1) is 0 Å². The zero-order valence-electron chi connectivity index (χ0n) is 17.1. The van der Waals surface area contributed by atoms with Gasteiger partial charge in [0, 0.05) is 36.0 Å². The lowest BCUT2D eigenvalue weighted by Crippen LogP contribution is -2.46. The summed E-state index contributed by atoms with van der Waals surface area (Å²) in [7, 11) is 0. The quantitative estimate of drug-likeness (QED) is 0.558. The summed E-state index contributed by atoms with van der Waals surface area (Å²) in [6.45, 7) is 4.48. The summed E-state index contributed by atoms with van der Waals surface area (Å²) in [5, 5.41) is 0.786. The molecule has 30 heavy (non-hydrogen) atoms. The summed E-state index contributed by atoms with van der Waals surface area (Å²) in [5.74, 6) is 0. The third kappa shape index (κ3) is 4.24. The average Bonchev–Trinajstić information content (AvgIpc) is 2.92. The van der Waals surface area contributed by atoms with Crippen LogP contribution in [0.5, 0.6) is 0 Å². The van der Waals surface area contributed by atoms with Crippen molar-refractivity contribution in [3.8, 4) is 0 Å². The molecule has 2 heterocycles. The van der Waals surface area contributed by atoms with E-state index < -0.39 is 0 Å². The van der Waals surface area contributed by atoms with Gasteiger partial charge in [-0.1, -0.05) is 66.2 Å². The maximum atomic E-state index is 6.41. The molecule has 1 atom stereocenters. The van der Waals surface area contributed by atoms with Crippen molar-refractivity contribution < 1.29 is 4.74 Å². The van der Waals surface area contributed by atoms with E-state index in [1.165, 1.54) is 28.1 Å². The zero-order valence-corrected chi connectivity index (χ0v) is 17.9. The van der Waals surface area contributed by atoms with E-state index >= 15 is 0 Å². The normalized spacial score (nSPS) is 19.1. The number of halogens is 1. The fraction of sp³-hybridized carbons (Fsp3) is 0.308. The molecule has 0 bridgehead atoms. The van der Waals surface area contributed by atoms with Crippen LogP contribution in [0.1, 0.15) is 16.7 Å². The number of benzene rings is 3. The minimum absolute atomic E-state index is 0.153. The van der Waals surface area contributed by atoms with Gasteiger partial charge in [-0.05, 0) is 47.7 Å². The Morgan fingerprint density at radius 2 is 1.63 bits per heavy atom. The monoisotopic (exact) mass is 418 g/mol. The topological polar surface area (TPSA) is 15.7 Å². The molecule has 154 valence electrons. The first-order valence-electron chi connectivity index (χ1n) is 10.8. The molecule has 2 aliphatic heterocycles. The van der Waals surface area contributed by atoms with Gasteiger partial charge in [-0.25, -0.2) is 0 Å². The summed E-state index contributed by atoms with van der Waals surface area (Å²) >= 11 is 6.41. The SMILES string of the molecule is Clc1ccc2c(c1)N(CC1CN(Cc3ccccc3)CCO1)c1ccccc1CC2. The number of rotatable bonds is 4. The van der Waals surface area contributed by atoms with Gasteiger partial charge in [-0.2, -0.15) is 0 Å². The first-order valence-corrected chi connectivity index (χ1v) is 11.2. The number of morpholine rings is 1. The Kier molecular flexibility index (Phi) is 5.76. The van der Waals surface area contributed by atoms with Gasteiger partial charge in [0.05, 0.1) is 19.3 Å². The van der Waals surface area contributed by atoms with Crippen LogP contribution in [0.3, 0.4) is 0 Å². The van der Waals surface area contributed by atoms with E-state index in [-0.39, 0.29) is 6.10 Å². The highest BCUT2D eigenvalue weighted by Crippen LogP contribution is 2.37. The molecule has 0 amide bonds. The first kappa shape index (κ1) is 19.6. The van der Waals surface area contributed by atoms with Crippen LogP contribution < -0.4 is 4.90 Å². The van der Waals surface area contributed by atoms with Crippen molar-refractivity contribution in [3.63, 3.8) is 0 Å². The first-order chi connectivity index (χ1) is 14.8. The number of ether oxygens (including phenoxy) is 1. The van der Waals surface area contributed by atoms with Gasteiger partial charge in [-0.15, -0.1) is 0 Å². The summed E-state index contributed by atoms with van der Waals surface area (Å²) < 4.78 is 6.23. The van der Waals surface area contributed by atoms with Crippen LogP contribution in [-0.4, -0.2) is 37.2 Å². The van der Waals surface area contributed by atoms with Gasteiger partial charge in [0.1, 0.15) is 0 Å². The second-order valence-electron chi connectivity index (χ2n) is 8.23. The standard InChI is InChI=1S/C26H27ClN2O/c27-23-13-12-22-11-10-21-8-4-5-9-25(21)29(26(22)16-23)19-24-18-28(14-15-30-24)17-20-6-2-1-3-7-20/h1-9,12-13,16,24H,10-11,14-15,17-19H2. The fourth-order valence-electron chi connectivity index (χ4n) is 4.66. The van der Waals surface area contributed by atoms with Crippen molar-refractivity contribution in [1.29, 1.82) is 0 Å². The number of anilines is 2. The Morgan fingerprint density at radius 3 is 2.50 bits per heavy atom. The third-order valence-electron chi connectivity index (χ3n) is 6.14. The molecule has 3 nitrogen and oxygen atoms in total. The van der Waals surface area contributed by atoms with Crippen LogP contribution in [0.2, 0.25) is 5.02 Å². The second-order valence-corrected chi connectivity index (χ2v) is 8.66. The van der Waals surface area contributed by atoms with Gasteiger partial charge in [0.15, 0.2) is 0 Å². The molecule has 5 rings (SSSR count). The van der Waals surface area contributed by atoms with Gasteiger partial charge in [0.2, 0.25) is 0 Å². The van der Waals surface area contributed by atoms with E-state index in [1.54, 1.807) is 0 Å². The van der Waals surface area contributed by atoms with Crippen molar-refractivity contribution in [2.24, 2.45) is 0 Å². The number of aryl methyl sites for hydroxylation is 2. The summed E-state index contributed by atoms with van der Waals surface area (Å²) in [5.41, 5.74) is 6.60. The lowest BCUT2D eigenvalue weighted by atomic mass is 10.0. The van der Waals surface area contributed by atoms with Crippen molar-refractivity contribution in [3.05, 3.63) is 94.5 Å². The summed E-state index contributed by atoms with van der Waals surface area (Å²) in [6, 6.07) is 25.8. The predicted octanol–water partition coefficient (Wildman–Crippen LogP) is 5.48. The highest BCUT2D eigenvalue weighted by Gasteiger charge is 2.27. The molecule has 3 aromatic carbocycles. The largest absolute Gasteiger partial charge is 0.374 e. The van der Waals surface area contributed by atoms with E-state index in [2.05, 4.69) is 76.5 Å². The molecular formula is C26H27ClN2O. The number of hydrogen-bond donors (Lipinski definition) is 0. The van der Waals surface area contributed by atoms with Crippen molar-refractivity contribution >= 4 is 23.0 Å². The summed E-state index contributed by atoms with van der Waals surface area (Å²) in [4.78, 5) is 4.94. The number of para-hydroxylation sites is 1. The van der Waals surface area contributed by atoms with E-state index in [0.717, 1.165) is 50.7 Å². The van der Waals surface area contributed by atoms with Crippen LogP contribution in [0.25, 0.3) is 0 Å². The molecule has 1 unspecified atom stereocenters. The number of hydrogen-bond acceptors (Lipinski definition) is 3. The highest BCUT2D eigenvalue weighted by molar-refractivity contribution is 6.30. The Hall–Kier alpha value is -2.33. The van der Waals surface area contributed by atoms with E-state index in [9.17, 15) is 0 Å². The van der Waals surface area contributed by atoms with Gasteiger partial charge in [0.25, 0.3) is 0 Å². The molecule has 3 aromatic rings. The van der Waals surface area contributed by atoms with Crippen LogP contribution in [-0.2, 0) is 24.1 Å². The maximum absolute atomic E-state index is 6.41. The summed E-state index contributed by atoms with van der Waals surface area (Å²) in [6.07, 6.45) is 2.24. The Balaban J connectivity index is 1.40. The number of nitrogens with zero attached hydrogens (tertiary/aromatic N) is 2. The van der Waals surface area contributed by atoms with Gasteiger partial charge in [-0.3, -0.25) is 4.90 Å². The van der Waals surface area contributed by atoms with E-state index in [4.69, 9.17) is 16.3 Å². The van der Waals surface area contributed by atoms with Gasteiger partial charge >= 0.3 is 0 Å². The zero-order chi connectivity index (χ0) is 20.3. The number of fused-ring (bicyclic) bond motifs is 2. The maximum Gasteiger partial charge on any atom is 0.0881 e. The average molecular weight is 419 g/mol. The van der Waals surface area contributed by atoms with E-state index in [1.807, 2.05) is 6.07 Å². The lowest BCUT2D eigenvalue weighted by molar-refractivity contribution is -0.0259.